The minimum absolute atomic E-state index is 0.0683. The van der Waals surface area contributed by atoms with Crippen molar-refractivity contribution in [3.8, 4) is 5.75 Å². The number of hydrogen-bond acceptors (Lipinski definition) is 3. The van der Waals surface area contributed by atoms with E-state index in [4.69, 9.17) is 4.74 Å². The summed E-state index contributed by atoms with van der Waals surface area (Å²) in [4.78, 5) is 11.7. The lowest BCUT2D eigenvalue weighted by atomic mass is 10.2. The molecule has 0 heterocycles. The molecule has 1 amide bonds. The maximum absolute atomic E-state index is 11.7. The van der Waals surface area contributed by atoms with E-state index in [2.05, 4.69) is 17.2 Å². The zero-order chi connectivity index (χ0) is 13.4. The second-order valence-corrected chi connectivity index (χ2v) is 3.83. The smallest absolute Gasteiger partial charge is 0.242 e. The van der Waals surface area contributed by atoms with E-state index in [0.29, 0.717) is 13.2 Å². The highest BCUT2D eigenvalue weighted by molar-refractivity contribution is 5.84. The van der Waals surface area contributed by atoms with Gasteiger partial charge in [0.1, 0.15) is 11.8 Å². The average Bonchev–Trinajstić information content (AvgIpc) is 2.38. The number of rotatable bonds is 7. The first-order valence-corrected chi connectivity index (χ1v) is 6.06. The fourth-order valence-electron chi connectivity index (χ4n) is 1.49. The SMILES string of the molecule is C=CCNC(=O)C(C)Nc1ccccc1OCC. The largest absolute Gasteiger partial charge is 0.492 e. The lowest BCUT2D eigenvalue weighted by Gasteiger charge is -2.17. The number of anilines is 1. The van der Waals surface area contributed by atoms with Gasteiger partial charge in [-0.05, 0) is 26.0 Å². The van der Waals surface area contributed by atoms with Crippen LogP contribution in [0.15, 0.2) is 36.9 Å². The molecule has 18 heavy (non-hydrogen) atoms. The monoisotopic (exact) mass is 248 g/mol. The van der Waals surface area contributed by atoms with Crippen molar-refractivity contribution in [1.82, 2.24) is 5.32 Å². The summed E-state index contributed by atoms with van der Waals surface area (Å²) in [6.45, 7) is 8.36. The lowest BCUT2D eigenvalue weighted by molar-refractivity contribution is -0.121. The van der Waals surface area contributed by atoms with Gasteiger partial charge in [0.05, 0.1) is 12.3 Å². The summed E-state index contributed by atoms with van der Waals surface area (Å²) in [7, 11) is 0. The summed E-state index contributed by atoms with van der Waals surface area (Å²) in [5.74, 6) is 0.685. The minimum Gasteiger partial charge on any atom is -0.492 e. The Kier molecular flexibility index (Phi) is 5.77. The Labute approximate surface area is 108 Å². The molecule has 0 fully saturated rings. The zero-order valence-electron chi connectivity index (χ0n) is 10.9. The summed E-state index contributed by atoms with van der Waals surface area (Å²) in [6, 6.07) is 7.24. The Morgan fingerprint density at radius 2 is 2.22 bits per heavy atom. The number of hydrogen-bond donors (Lipinski definition) is 2. The van der Waals surface area contributed by atoms with Crippen molar-refractivity contribution in [2.24, 2.45) is 0 Å². The van der Waals surface area contributed by atoms with Gasteiger partial charge in [-0.15, -0.1) is 6.58 Å². The van der Waals surface area contributed by atoms with Crippen LogP contribution in [0.2, 0.25) is 0 Å². The summed E-state index contributed by atoms with van der Waals surface area (Å²) < 4.78 is 5.49. The summed E-state index contributed by atoms with van der Waals surface area (Å²) >= 11 is 0. The number of carbonyl (C=O) groups excluding carboxylic acids is 1. The second kappa shape index (κ2) is 7.37. The lowest BCUT2D eigenvalue weighted by Crippen LogP contribution is -2.37. The van der Waals surface area contributed by atoms with Crippen LogP contribution in [0, 0.1) is 0 Å². The van der Waals surface area contributed by atoms with Crippen molar-refractivity contribution in [3.05, 3.63) is 36.9 Å². The quantitative estimate of drug-likeness (QED) is 0.727. The molecule has 0 bridgehead atoms. The predicted octanol–water partition coefficient (Wildman–Crippen LogP) is 2.19. The van der Waals surface area contributed by atoms with Crippen LogP contribution in [0.25, 0.3) is 0 Å². The van der Waals surface area contributed by atoms with Gasteiger partial charge < -0.3 is 15.4 Å². The highest BCUT2D eigenvalue weighted by Crippen LogP contribution is 2.24. The molecule has 0 aliphatic heterocycles. The summed E-state index contributed by atoms with van der Waals surface area (Å²) in [5.41, 5.74) is 0.820. The van der Waals surface area contributed by atoms with E-state index in [1.807, 2.05) is 31.2 Å². The molecule has 1 atom stereocenters. The first-order chi connectivity index (χ1) is 8.69. The van der Waals surface area contributed by atoms with Crippen LogP contribution >= 0.6 is 0 Å². The van der Waals surface area contributed by atoms with E-state index >= 15 is 0 Å². The van der Waals surface area contributed by atoms with Crippen molar-refractivity contribution in [1.29, 1.82) is 0 Å². The predicted molar refractivity (Wildman–Crippen MR) is 73.9 cm³/mol. The van der Waals surface area contributed by atoms with E-state index in [1.54, 1.807) is 13.0 Å². The Morgan fingerprint density at radius 1 is 1.50 bits per heavy atom. The molecule has 0 aromatic heterocycles. The van der Waals surface area contributed by atoms with Crippen molar-refractivity contribution in [2.75, 3.05) is 18.5 Å². The van der Waals surface area contributed by atoms with Crippen LogP contribution in [0.3, 0.4) is 0 Å². The van der Waals surface area contributed by atoms with Crippen molar-refractivity contribution < 1.29 is 9.53 Å². The number of nitrogens with one attached hydrogen (secondary N) is 2. The first kappa shape index (κ1) is 14.1. The van der Waals surface area contributed by atoms with Crippen LogP contribution in [-0.4, -0.2) is 25.1 Å². The third-order valence-corrected chi connectivity index (χ3v) is 2.37. The maximum Gasteiger partial charge on any atom is 0.242 e. The molecule has 0 saturated carbocycles. The van der Waals surface area contributed by atoms with E-state index in [9.17, 15) is 4.79 Å². The molecule has 0 aliphatic rings. The van der Waals surface area contributed by atoms with Crippen molar-refractivity contribution >= 4 is 11.6 Å². The Morgan fingerprint density at radius 3 is 2.89 bits per heavy atom. The van der Waals surface area contributed by atoms with E-state index in [-0.39, 0.29) is 11.9 Å². The van der Waals surface area contributed by atoms with Gasteiger partial charge in [0, 0.05) is 6.54 Å². The normalized spacial score (nSPS) is 11.4. The van der Waals surface area contributed by atoms with E-state index in [1.165, 1.54) is 0 Å². The van der Waals surface area contributed by atoms with Crippen molar-refractivity contribution in [3.63, 3.8) is 0 Å². The van der Waals surface area contributed by atoms with E-state index < -0.39 is 0 Å². The Bertz CT molecular complexity index is 405. The molecule has 1 rings (SSSR count). The van der Waals surface area contributed by atoms with Crippen LogP contribution in [-0.2, 0) is 4.79 Å². The fourth-order valence-corrected chi connectivity index (χ4v) is 1.49. The van der Waals surface area contributed by atoms with Gasteiger partial charge in [0.2, 0.25) is 5.91 Å². The molecule has 0 saturated heterocycles. The Hall–Kier alpha value is -1.97. The minimum atomic E-state index is -0.327. The molecule has 1 unspecified atom stereocenters. The topological polar surface area (TPSA) is 50.4 Å². The molecule has 0 spiro atoms. The third kappa shape index (κ3) is 4.13. The number of ether oxygens (including phenoxy) is 1. The van der Waals surface area contributed by atoms with Crippen LogP contribution in [0.1, 0.15) is 13.8 Å². The molecule has 0 aliphatic carbocycles. The van der Waals surface area contributed by atoms with Gasteiger partial charge in [-0.2, -0.15) is 0 Å². The number of para-hydroxylation sites is 2. The zero-order valence-corrected chi connectivity index (χ0v) is 10.9. The van der Waals surface area contributed by atoms with E-state index in [0.717, 1.165) is 11.4 Å². The van der Waals surface area contributed by atoms with Gasteiger partial charge in [0.15, 0.2) is 0 Å². The molecule has 1 aromatic carbocycles. The van der Waals surface area contributed by atoms with Gasteiger partial charge >= 0.3 is 0 Å². The summed E-state index contributed by atoms with van der Waals surface area (Å²) in [5, 5.41) is 5.88. The number of carbonyl (C=O) groups is 1. The fraction of sp³-hybridized carbons (Fsp3) is 0.357. The van der Waals surface area contributed by atoms with Crippen LogP contribution in [0.4, 0.5) is 5.69 Å². The third-order valence-electron chi connectivity index (χ3n) is 2.37. The molecule has 98 valence electrons. The molecule has 4 heteroatoms. The van der Waals surface area contributed by atoms with Gasteiger partial charge in [-0.3, -0.25) is 4.79 Å². The summed E-state index contributed by atoms with van der Waals surface area (Å²) in [6.07, 6.45) is 1.65. The highest BCUT2D eigenvalue weighted by atomic mass is 16.5. The molecular formula is C14H20N2O2. The number of benzene rings is 1. The molecule has 4 nitrogen and oxygen atoms in total. The standard InChI is InChI=1S/C14H20N2O2/c1-4-10-15-14(17)11(3)16-12-8-6-7-9-13(12)18-5-2/h4,6-9,11,16H,1,5,10H2,2-3H3,(H,15,17). The van der Waals surface area contributed by atoms with Gasteiger partial charge in [-0.25, -0.2) is 0 Å². The average molecular weight is 248 g/mol. The van der Waals surface area contributed by atoms with Gasteiger partial charge in [0.25, 0.3) is 0 Å². The Balaban J connectivity index is 2.65. The molecule has 0 radical (unpaired) electrons. The molecule has 1 aromatic rings. The maximum atomic E-state index is 11.7. The van der Waals surface area contributed by atoms with Crippen LogP contribution in [0.5, 0.6) is 5.75 Å². The van der Waals surface area contributed by atoms with Crippen molar-refractivity contribution in [2.45, 2.75) is 19.9 Å². The highest BCUT2D eigenvalue weighted by Gasteiger charge is 2.13. The molecule has 2 N–H and O–H groups in total. The van der Waals surface area contributed by atoms with Gasteiger partial charge in [-0.1, -0.05) is 18.2 Å². The number of amides is 1. The first-order valence-electron chi connectivity index (χ1n) is 6.06. The molecular weight excluding hydrogens is 228 g/mol. The second-order valence-electron chi connectivity index (χ2n) is 3.83. The van der Waals surface area contributed by atoms with Crippen LogP contribution < -0.4 is 15.4 Å².